The Morgan fingerprint density at radius 2 is 1.07 bits per heavy atom. The number of phenols is 2. The van der Waals surface area contributed by atoms with E-state index in [-0.39, 0.29) is 35.1 Å². The number of benzene rings is 9. The third kappa shape index (κ3) is 11.8. The van der Waals surface area contributed by atoms with E-state index in [4.69, 9.17) is 9.68 Å². The van der Waals surface area contributed by atoms with E-state index in [1.165, 1.54) is 12.1 Å². The first-order chi connectivity index (χ1) is 35.0. The Morgan fingerprint density at radius 3 is 1.69 bits per heavy atom. The third-order valence-electron chi connectivity index (χ3n) is 11.0. The molecule has 0 saturated heterocycles. The van der Waals surface area contributed by atoms with Crippen LogP contribution >= 0.6 is 31.9 Å². The summed E-state index contributed by atoms with van der Waals surface area (Å²) in [6.07, 6.45) is 1.16. The Hall–Kier alpha value is -9.06. The van der Waals surface area contributed by atoms with Crippen molar-refractivity contribution in [2.45, 2.75) is 6.61 Å². The zero-order chi connectivity index (χ0) is 50.0. The average molecular weight is 1080 g/mol. The Labute approximate surface area is 427 Å². The molecule has 17 heteroatoms. The average Bonchev–Trinajstić information content (AvgIpc) is 3.39. The van der Waals surface area contributed by atoms with Crippen LogP contribution in [0.5, 0.6) is 11.5 Å². The number of amides is 3. The van der Waals surface area contributed by atoms with E-state index < -0.39 is 11.9 Å². The molecule has 3 amide bonds. The minimum atomic E-state index is -0.681. The highest BCUT2D eigenvalue weighted by Crippen LogP contribution is 2.38. The van der Waals surface area contributed by atoms with Crippen LogP contribution in [0.1, 0.15) is 31.8 Å². The molecule has 9 rings (SSSR count). The molecule has 0 unspecified atom stereocenters. The number of nitrogens with one attached hydrogen (secondary N) is 3. The Bertz CT molecular complexity index is 3590. The summed E-state index contributed by atoms with van der Waals surface area (Å²) in [5.41, 5.74) is 9.36. The molecule has 0 aliphatic carbocycles. The molecule has 0 heterocycles. The van der Waals surface area contributed by atoms with E-state index in [9.17, 15) is 24.6 Å². The van der Waals surface area contributed by atoms with Crippen LogP contribution in [0, 0.1) is 0 Å². The number of hydrogen-bond acceptors (Lipinski definition) is 13. The second-order valence-corrected chi connectivity index (χ2v) is 17.7. The van der Waals surface area contributed by atoms with Gasteiger partial charge in [0.05, 0.1) is 17.1 Å². The molecule has 354 valence electrons. The van der Waals surface area contributed by atoms with Gasteiger partial charge in [0.15, 0.2) is 5.78 Å². The lowest BCUT2D eigenvalue weighted by molar-refractivity contribution is 0.0966. The van der Waals surface area contributed by atoms with Gasteiger partial charge in [0.25, 0.3) is 5.91 Å². The number of carbonyl (C=O) groups excluding carboxylic acids is 3. The second-order valence-electron chi connectivity index (χ2n) is 15.9. The molecule has 0 aromatic heterocycles. The fraction of sp³-hybridized carbons (Fsp3) is 0.0182. The van der Waals surface area contributed by atoms with Crippen molar-refractivity contribution in [2.24, 2.45) is 25.6 Å². The van der Waals surface area contributed by atoms with Gasteiger partial charge in [-0.15, -0.1) is 10.2 Å². The number of aromatic hydroxyl groups is 2. The molecular weight excluding hydrogens is 1040 g/mol. The molecule has 0 aliphatic rings. The van der Waals surface area contributed by atoms with Crippen molar-refractivity contribution in [3.8, 4) is 22.6 Å². The normalized spacial score (nSPS) is 11.4. The summed E-state index contributed by atoms with van der Waals surface area (Å²) < 4.78 is 1.68. The number of oxime groups is 1. The highest BCUT2D eigenvalue weighted by atomic mass is 79.9. The van der Waals surface area contributed by atoms with E-state index in [1.807, 2.05) is 72.8 Å². The first kappa shape index (κ1) is 48.0. The Kier molecular flexibility index (Phi) is 14.8. The summed E-state index contributed by atoms with van der Waals surface area (Å²) in [6, 6.07) is 51.9. The molecule has 5 N–H and O–H groups in total. The van der Waals surface area contributed by atoms with Crippen LogP contribution in [0.15, 0.2) is 217 Å². The van der Waals surface area contributed by atoms with E-state index in [1.54, 1.807) is 97.1 Å². The first-order valence-electron chi connectivity index (χ1n) is 21.9. The van der Waals surface area contributed by atoms with Gasteiger partial charge < -0.3 is 25.2 Å². The molecule has 0 spiro atoms. The van der Waals surface area contributed by atoms with Crippen LogP contribution in [0.3, 0.4) is 0 Å². The minimum absolute atomic E-state index is 0.0331. The van der Waals surface area contributed by atoms with E-state index in [0.717, 1.165) is 43.1 Å². The lowest BCUT2D eigenvalue weighted by Gasteiger charge is -2.09. The lowest BCUT2D eigenvalue weighted by atomic mass is 9.99. The fourth-order valence-corrected chi connectivity index (χ4v) is 8.20. The van der Waals surface area contributed by atoms with Gasteiger partial charge >= 0.3 is 6.03 Å². The van der Waals surface area contributed by atoms with Gasteiger partial charge in [-0.1, -0.05) is 116 Å². The molecule has 0 bridgehead atoms. The zero-order valence-electron chi connectivity index (χ0n) is 37.5. The minimum Gasteiger partial charge on any atom is -0.506 e. The quantitative estimate of drug-likeness (QED) is 0.0219. The smallest absolute Gasteiger partial charge is 0.326 e. The first-order valence-corrected chi connectivity index (χ1v) is 23.5. The summed E-state index contributed by atoms with van der Waals surface area (Å²) in [4.78, 5) is 49.4. The van der Waals surface area contributed by atoms with E-state index >= 15 is 0 Å². The Balaban J connectivity index is 0.786. The monoisotopic (exact) mass is 1080 g/mol. The highest BCUT2D eigenvalue weighted by Gasteiger charge is 2.15. The van der Waals surface area contributed by atoms with Crippen molar-refractivity contribution in [3.05, 3.63) is 213 Å². The van der Waals surface area contributed by atoms with Crippen LogP contribution in [0.25, 0.3) is 32.7 Å². The number of azo groups is 2. The van der Waals surface area contributed by atoms with E-state index in [0.29, 0.717) is 50.0 Å². The lowest BCUT2D eigenvalue weighted by Crippen LogP contribution is -2.34. The summed E-state index contributed by atoms with van der Waals surface area (Å²) in [5, 5.41) is 50.3. The molecule has 0 fully saturated rings. The summed E-state index contributed by atoms with van der Waals surface area (Å²) in [7, 11) is 0. The van der Waals surface area contributed by atoms with Gasteiger partial charge in [-0.3, -0.25) is 14.9 Å². The highest BCUT2D eigenvalue weighted by molar-refractivity contribution is 9.10. The molecule has 0 radical (unpaired) electrons. The number of ketones is 1. The van der Waals surface area contributed by atoms with Gasteiger partial charge in [-0.05, 0) is 131 Å². The third-order valence-corrected chi connectivity index (χ3v) is 12.0. The number of halogens is 2. The molecule has 0 saturated carbocycles. The van der Waals surface area contributed by atoms with Crippen LogP contribution in [0.4, 0.5) is 38.9 Å². The summed E-state index contributed by atoms with van der Waals surface area (Å²) in [6.45, 7) is 0.181. The molecule has 9 aromatic rings. The van der Waals surface area contributed by atoms with Crippen molar-refractivity contribution in [1.82, 2.24) is 5.32 Å². The number of urea groups is 1. The topological polar surface area (TPSA) is 208 Å². The molecular formula is C55H38Br2N8O7. The number of imide groups is 1. The van der Waals surface area contributed by atoms with Crippen LogP contribution < -0.4 is 16.1 Å². The number of phenolic OH excluding ortho intramolecular Hbond substituents is 2. The molecule has 15 nitrogen and oxygen atoms in total. The van der Waals surface area contributed by atoms with Gasteiger partial charge in [-0.2, -0.15) is 10.2 Å². The number of rotatable bonds is 15. The fourth-order valence-electron chi connectivity index (χ4n) is 7.40. The van der Waals surface area contributed by atoms with Crippen LogP contribution in [-0.2, 0) is 16.3 Å². The zero-order valence-corrected chi connectivity index (χ0v) is 40.7. The number of anilines is 2. The molecule has 9 aromatic carbocycles. The van der Waals surface area contributed by atoms with Crippen molar-refractivity contribution < 1.29 is 34.3 Å². The number of nitrogens with zero attached hydrogens (tertiary/aromatic N) is 5. The number of hydrogen-bond donors (Lipinski definition) is 5. The van der Waals surface area contributed by atoms with Gasteiger partial charge in [0.1, 0.15) is 29.5 Å². The second kappa shape index (κ2) is 22.1. The summed E-state index contributed by atoms with van der Waals surface area (Å²) >= 11 is 6.75. The predicted molar refractivity (Wildman–Crippen MR) is 284 cm³/mol. The maximum atomic E-state index is 13.5. The van der Waals surface area contributed by atoms with Gasteiger partial charge in [-0.25, -0.2) is 10.3 Å². The SMILES string of the molecule is O=C(NC(=O)c1ccc2c(N=Nc3ccc(-c4ccc(C(=O)c5ccc(N=Nc6c(O)ccc7cc(CO/N=C/ONc8cccc(Br)c8)ccc67)cc5)cc4)cc3)c(O)ccc2c1)Nc1cccc(Br)c1. The van der Waals surface area contributed by atoms with Crippen LogP contribution in [0.2, 0.25) is 0 Å². The van der Waals surface area contributed by atoms with Crippen LogP contribution in [-0.4, -0.2) is 34.3 Å². The van der Waals surface area contributed by atoms with Crippen molar-refractivity contribution >= 4 is 112 Å². The maximum absolute atomic E-state index is 13.5. The number of carbonyl (C=O) groups is 3. The molecule has 0 aliphatic heterocycles. The molecule has 72 heavy (non-hydrogen) atoms. The largest absolute Gasteiger partial charge is 0.506 e. The number of fused-ring (bicyclic) bond motifs is 2. The van der Waals surface area contributed by atoms with E-state index in [2.05, 4.69) is 73.6 Å². The Morgan fingerprint density at radius 1 is 0.542 bits per heavy atom. The molecule has 0 atom stereocenters. The predicted octanol–water partition coefficient (Wildman–Crippen LogP) is 15.1. The maximum Gasteiger partial charge on any atom is 0.326 e. The van der Waals surface area contributed by atoms with Crippen molar-refractivity contribution in [2.75, 3.05) is 10.8 Å². The standard InChI is InChI=1S/C55H38Br2N8O7/c56-41-3-1-5-45(29-41)59-55(70)60-54(69)40-16-24-48-39(28-40)18-26-50(67)52(48)64-61-43-19-12-35(13-20-43)34-8-10-36(11-9-34)53(68)37-14-21-44(22-15-37)62-63-51-47-23-7-33(27-38(47)17-25-49(51)66)31-71-58-32-72-65-46-6-2-4-42(57)30-46/h1-30,32,65-67H,31H2,(H2,59,60,69,70)/b58-32+,63-62?,64-61?. The van der Waals surface area contributed by atoms with Crippen molar-refractivity contribution in [1.29, 1.82) is 0 Å². The van der Waals surface area contributed by atoms with Gasteiger partial charge in [0.2, 0.25) is 6.40 Å². The summed E-state index contributed by atoms with van der Waals surface area (Å²) in [5.74, 6) is -0.897. The van der Waals surface area contributed by atoms with Crippen molar-refractivity contribution in [3.63, 3.8) is 0 Å². The van der Waals surface area contributed by atoms with Gasteiger partial charge in [0, 0.05) is 42.1 Å².